The Labute approximate surface area is 81.6 Å². The molecule has 3 heteroatoms. The molecule has 1 aliphatic carbocycles. The third-order valence-electron chi connectivity index (χ3n) is 1.84. The molecule has 0 spiro atoms. The second-order valence-electron chi connectivity index (χ2n) is 4.62. The van der Waals surface area contributed by atoms with Crippen molar-refractivity contribution in [2.24, 2.45) is 11.7 Å². The fraction of sp³-hybridized carbons (Fsp3) is 0.600. The fourth-order valence-corrected chi connectivity index (χ4v) is 2.16. The zero-order chi connectivity index (χ0) is 10.1. The van der Waals surface area contributed by atoms with Gasteiger partial charge in [0.1, 0.15) is 5.76 Å². The Morgan fingerprint density at radius 1 is 1.46 bits per heavy atom. The van der Waals surface area contributed by atoms with Crippen LogP contribution in [0.1, 0.15) is 13.3 Å². The van der Waals surface area contributed by atoms with Crippen LogP contribution in [-0.2, 0) is 4.43 Å². The second kappa shape index (κ2) is 3.58. The topological polar surface area (TPSA) is 35.2 Å². The highest BCUT2D eigenvalue weighted by Gasteiger charge is 2.20. The number of hydrogen-bond donors (Lipinski definition) is 1. The summed E-state index contributed by atoms with van der Waals surface area (Å²) < 4.78 is 5.85. The van der Waals surface area contributed by atoms with Gasteiger partial charge in [-0.3, -0.25) is 0 Å². The third-order valence-corrected chi connectivity index (χ3v) is 2.67. The average Bonchev–Trinajstić information content (AvgIpc) is 1.93. The Bertz CT molecular complexity index is 250. The first-order chi connectivity index (χ1) is 5.88. The SMILES string of the molecule is CC1C=C(N)C(O[Si](C)(C)C)=CC1. The van der Waals surface area contributed by atoms with Crippen LogP contribution in [0, 0.1) is 5.92 Å². The van der Waals surface area contributed by atoms with Crippen LogP contribution >= 0.6 is 0 Å². The molecule has 0 aliphatic heterocycles. The summed E-state index contributed by atoms with van der Waals surface area (Å²) in [7, 11) is -1.50. The van der Waals surface area contributed by atoms with E-state index in [1.54, 1.807) is 0 Å². The highest BCUT2D eigenvalue weighted by Crippen LogP contribution is 2.23. The molecule has 1 rings (SSSR count). The van der Waals surface area contributed by atoms with Crippen molar-refractivity contribution >= 4 is 8.32 Å². The van der Waals surface area contributed by atoms with Crippen molar-refractivity contribution in [2.45, 2.75) is 33.0 Å². The minimum atomic E-state index is -1.50. The average molecular weight is 197 g/mol. The van der Waals surface area contributed by atoms with Crippen molar-refractivity contribution in [3.8, 4) is 0 Å². The van der Waals surface area contributed by atoms with Crippen LogP contribution in [0.15, 0.2) is 23.6 Å². The van der Waals surface area contributed by atoms with Crippen LogP contribution in [0.5, 0.6) is 0 Å². The third kappa shape index (κ3) is 3.26. The summed E-state index contributed by atoms with van der Waals surface area (Å²) in [5, 5.41) is 0. The monoisotopic (exact) mass is 197 g/mol. The molecule has 0 amide bonds. The molecule has 0 aromatic heterocycles. The van der Waals surface area contributed by atoms with Crippen molar-refractivity contribution in [3.63, 3.8) is 0 Å². The Balaban J connectivity index is 2.68. The minimum Gasteiger partial charge on any atom is -0.543 e. The molecule has 0 fully saturated rings. The largest absolute Gasteiger partial charge is 0.543 e. The van der Waals surface area contributed by atoms with E-state index in [0.29, 0.717) is 5.92 Å². The normalized spacial score (nSPS) is 23.5. The highest BCUT2D eigenvalue weighted by molar-refractivity contribution is 6.70. The van der Waals surface area contributed by atoms with Crippen molar-refractivity contribution in [1.82, 2.24) is 0 Å². The van der Waals surface area contributed by atoms with Gasteiger partial charge < -0.3 is 10.2 Å². The maximum absolute atomic E-state index is 5.87. The Morgan fingerprint density at radius 3 is 2.54 bits per heavy atom. The van der Waals surface area contributed by atoms with Crippen LogP contribution in [-0.4, -0.2) is 8.32 Å². The van der Waals surface area contributed by atoms with E-state index >= 15 is 0 Å². The number of rotatable bonds is 2. The molecule has 2 nitrogen and oxygen atoms in total. The molecule has 0 aromatic rings. The molecule has 0 saturated heterocycles. The van der Waals surface area contributed by atoms with E-state index in [1.807, 2.05) is 0 Å². The first-order valence-corrected chi connectivity index (χ1v) is 8.16. The molecule has 2 N–H and O–H groups in total. The highest BCUT2D eigenvalue weighted by atomic mass is 28.4. The summed E-state index contributed by atoms with van der Waals surface area (Å²) in [5.41, 5.74) is 6.67. The predicted molar refractivity (Wildman–Crippen MR) is 58.6 cm³/mol. The van der Waals surface area contributed by atoms with E-state index in [4.69, 9.17) is 10.2 Å². The smallest absolute Gasteiger partial charge is 0.242 e. The molecule has 0 bridgehead atoms. The predicted octanol–water partition coefficient (Wildman–Crippen LogP) is 2.60. The number of nitrogens with two attached hydrogens (primary N) is 1. The zero-order valence-corrected chi connectivity index (χ0v) is 9.92. The summed E-state index contributed by atoms with van der Waals surface area (Å²) in [4.78, 5) is 0. The van der Waals surface area contributed by atoms with Crippen molar-refractivity contribution in [2.75, 3.05) is 0 Å². The standard InChI is InChI=1S/C10H19NOSi/c1-8-5-6-10(9(11)7-8)12-13(2,3)4/h6-8H,5,11H2,1-4H3. The zero-order valence-electron chi connectivity index (χ0n) is 8.92. The maximum Gasteiger partial charge on any atom is 0.242 e. The van der Waals surface area contributed by atoms with Gasteiger partial charge in [0.2, 0.25) is 8.32 Å². The Kier molecular flexibility index (Phi) is 2.86. The summed E-state index contributed by atoms with van der Waals surface area (Å²) in [6.07, 6.45) is 5.23. The molecule has 1 atom stereocenters. The molecular weight excluding hydrogens is 178 g/mol. The lowest BCUT2D eigenvalue weighted by Crippen LogP contribution is -2.27. The van der Waals surface area contributed by atoms with Gasteiger partial charge in [-0.05, 0) is 38.1 Å². The van der Waals surface area contributed by atoms with Crippen molar-refractivity contribution in [1.29, 1.82) is 0 Å². The van der Waals surface area contributed by atoms with E-state index in [9.17, 15) is 0 Å². The molecule has 1 aliphatic rings. The van der Waals surface area contributed by atoms with E-state index < -0.39 is 8.32 Å². The van der Waals surface area contributed by atoms with Crippen LogP contribution in [0.2, 0.25) is 19.6 Å². The summed E-state index contributed by atoms with van der Waals surface area (Å²) >= 11 is 0. The summed E-state index contributed by atoms with van der Waals surface area (Å²) in [6, 6.07) is 0. The summed E-state index contributed by atoms with van der Waals surface area (Å²) in [5.74, 6) is 1.45. The molecule has 0 radical (unpaired) electrons. The molecule has 13 heavy (non-hydrogen) atoms. The lowest BCUT2D eigenvalue weighted by Gasteiger charge is -2.25. The quantitative estimate of drug-likeness (QED) is 0.691. The molecule has 0 heterocycles. The van der Waals surface area contributed by atoms with E-state index in [-0.39, 0.29) is 0 Å². The van der Waals surface area contributed by atoms with Crippen LogP contribution in [0.25, 0.3) is 0 Å². The molecular formula is C10H19NOSi. The van der Waals surface area contributed by atoms with Gasteiger partial charge in [-0.15, -0.1) is 0 Å². The van der Waals surface area contributed by atoms with E-state index in [2.05, 4.69) is 38.7 Å². The number of allylic oxidation sites excluding steroid dienone is 2. The minimum absolute atomic E-state index is 0.550. The van der Waals surface area contributed by atoms with Gasteiger partial charge in [-0.25, -0.2) is 0 Å². The van der Waals surface area contributed by atoms with E-state index in [0.717, 1.165) is 17.9 Å². The summed E-state index contributed by atoms with van der Waals surface area (Å²) in [6.45, 7) is 8.66. The fourth-order valence-electron chi connectivity index (χ4n) is 1.30. The first-order valence-electron chi connectivity index (χ1n) is 4.75. The molecule has 0 saturated carbocycles. The molecule has 0 aromatic carbocycles. The Hall–Kier alpha value is -0.703. The van der Waals surface area contributed by atoms with Crippen LogP contribution in [0.3, 0.4) is 0 Å². The second-order valence-corrected chi connectivity index (χ2v) is 9.05. The van der Waals surface area contributed by atoms with Gasteiger partial charge in [-0.1, -0.05) is 13.0 Å². The lowest BCUT2D eigenvalue weighted by molar-refractivity contribution is 0.420. The van der Waals surface area contributed by atoms with Crippen molar-refractivity contribution in [3.05, 3.63) is 23.6 Å². The molecule has 1 unspecified atom stereocenters. The lowest BCUT2D eigenvalue weighted by atomic mass is 10.0. The van der Waals surface area contributed by atoms with Gasteiger partial charge in [0.25, 0.3) is 0 Å². The van der Waals surface area contributed by atoms with Gasteiger partial charge in [-0.2, -0.15) is 0 Å². The van der Waals surface area contributed by atoms with Gasteiger partial charge in [0.15, 0.2) is 0 Å². The van der Waals surface area contributed by atoms with Gasteiger partial charge in [0.05, 0.1) is 5.70 Å². The first kappa shape index (κ1) is 10.4. The number of hydrogen-bond acceptors (Lipinski definition) is 2. The molecule has 74 valence electrons. The Morgan fingerprint density at radius 2 is 2.08 bits per heavy atom. The maximum atomic E-state index is 5.87. The van der Waals surface area contributed by atoms with E-state index in [1.165, 1.54) is 0 Å². The van der Waals surface area contributed by atoms with Crippen LogP contribution < -0.4 is 5.73 Å². The van der Waals surface area contributed by atoms with Crippen LogP contribution in [0.4, 0.5) is 0 Å². The van der Waals surface area contributed by atoms with Gasteiger partial charge in [0, 0.05) is 0 Å². The van der Waals surface area contributed by atoms with Crippen molar-refractivity contribution < 1.29 is 4.43 Å². The van der Waals surface area contributed by atoms with Gasteiger partial charge >= 0.3 is 0 Å².